The van der Waals surface area contributed by atoms with E-state index in [0.717, 1.165) is 44.3 Å². The van der Waals surface area contributed by atoms with Crippen molar-refractivity contribution in [2.24, 2.45) is 5.92 Å². The van der Waals surface area contributed by atoms with Crippen LogP contribution in [-0.4, -0.2) is 51.1 Å². The minimum Gasteiger partial charge on any atom is -0.303 e. The lowest BCUT2D eigenvalue weighted by molar-refractivity contribution is -0.112. The van der Waals surface area contributed by atoms with Gasteiger partial charge in [0.05, 0.1) is 4.90 Å². The van der Waals surface area contributed by atoms with Gasteiger partial charge in [0, 0.05) is 26.6 Å². The highest BCUT2D eigenvalue weighted by Crippen LogP contribution is 2.19. The van der Waals surface area contributed by atoms with Gasteiger partial charge in [0.25, 0.3) is 0 Å². The molecule has 5 nitrogen and oxygen atoms in total. The molecule has 0 bridgehead atoms. The lowest BCUT2D eigenvalue weighted by Crippen LogP contribution is -2.33. The van der Waals surface area contributed by atoms with Crippen molar-refractivity contribution in [1.29, 1.82) is 0 Å². The number of sulfonamides is 1. The highest BCUT2D eigenvalue weighted by molar-refractivity contribution is 7.89. The summed E-state index contributed by atoms with van der Waals surface area (Å²) in [6.07, 6.45) is 2.82. The maximum Gasteiger partial charge on any atom is 0.242 e. The van der Waals surface area contributed by atoms with Gasteiger partial charge in [-0.2, -0.15) is 0 Å². The Bertz CT molecular complexity index is 591. The molecule has 1 aromatic rings. The first kappa shape index (κ1) is 16.1. The van der Waals surface area contributed by atoms with Gasteiger partial charge in [-0.3, -0.25) is 4.90 Å². The third-order valence-corrected chi connectivity index (χ3v) is 5.72. The number of likely N-dealkylation sites (tertiary alicyclic amines) is 1. The van der Waals surface area contributed by atoms with Crippen molar-refractivity contribution in [3.8, 4) is 0 Å². The monoisotopic (exact) mass is 310 g/mol. The second-order valence-electron chi connectivity index (χ2n) is 5.68. The Morgan fingerprint density at radius 2 is 1.95 bits per heavy atom. The first-order valence-corrected chi connectivity index (χ1v) is 8.56. The molecule has 2 rings (SSSR count). The molecule has 1 aliphatic heterocycles. The molecular formula is C15H22N2O3S. The standard InChI is InChI=1S/C15H22N2O3S/c1-16(2)21(19,20)15-5-3-4-14(10-15)11-17-8-6-13(12-18)7-9-17/h3-5,10,12-13H,6-9,11H2,1-2H3. The van der Waals surface area contributed by atoms with E-state index in [-0.39, 0.29) is 5.92 Å². The van der Waals surface area contributed by atoms with Gasteiger partial charge < -0.3 is 4.79 Å². The van der Waals surface area contributed by atoms with E-state index < -0.39 is 10.0 Å². The molecule has 1 fully saturated rings. The van der Waals surface area contributed by atoms with E-state index in [4.69, 9.17) is 0 Å². The average molecular weight is 310 g/mol. The molecule has 21 heavy (non-hydrogen) atoms. The SMILES string of the molecule is CN(C)S(=O)(=O)c1cccc(CN2CCC(C=O)CC2)c1. The summed E-state index contributed by atoms with van der Waals surface area (Å²) >= 11 is 0. The quantitative estimate of drug-likeness (QED) is 0.770. The van der Waals surface area contributed by atoms with Crippen LogP contribution in [0.1, 0.15) is 18.4 Å². The van der Waals surface area contributed by atoms with Crippen LogP contribution in [0.4, 0.5) is 0 Å². The summed E-state index contributed by atoms with van der Waals surface area (Å²) in [6, 6.07) is 7.09. The molecule has 0 spiro atoms. The Kier molecular flexibility index (Phi) is 5.13. The zero-order valence-corrected chi connectivity index (χ0v) is 13.3. The van der Waals surface area contributed by atoms with E-state index in [0.29, 0.717) is 4.90 Å². The van der Waals surface area contributed by atoms with Crippen LogP contribution < -0.4 is 0 Å². The van der Waals surface area contributed by atoms with Crippen LogP contribution in [0, 0.1) is 5.92 Å². The van der Waals surface area contributed by atoms with E-state index in [2.05, 4.69) is 4.90 Å². The minimum absolute atomic E-state index is 0.182. The maximum atomic E-state index is 12.1. The van der Waals surface area contributed by atoms with Gasteiger partial charge in [-0.15, -0.1) is 0 Å². The molecule has 0 aromatic heterocycles. The lowest BCUT2D eigenvalue weighted by atomic mass is 9.98. The summed E-state index contributed by atoms with van der Waals surface area (Å²) < 4.78 is 25.5. The van der Waals surface area contributed by atoms with Crippen molar-refractivity contribution in [1.82, 2.24) is 9.21 Å². The van der Waals surface area contributed by atoms with Gasteiger partial charge in [-0.05, 0) is 43.6 Å². The normalized spacial score (nSPS) is 18.0. The van der Waals surface area contributed by atoms with Crippen molar-refractivity contribution in [2.75, 3.05) is 27.2 Å². The van der Waals surface area contributed by atoms with Crippen LogP contribution in [0.25, 0.3) is 0 Å². The molecule has 0 atom stereocenters. The van der Waals surface area contributed by atoms with Crippen LogP contribution >= 0.6 is 0 Å². The molecule has 116 valence electrons. The molecule has 1 heterocycles. The third-order valence-electron chi connectivity index (χ3n) is 3.91. The Morgan fingerprint density at radius 1 is 1.29 bits per heavy atom. The van der Waals surface area contributed by atoms with E-state index in [9.17, 15) is 13.2 Å². The molecule has 0 N–H and O–H groups in total. The molecule has 0 aliphatic carbocycles. The minimum atomic E-state index is -3.38. The third kappa shape index (κ3) is 3.90. The highest BCUT2D eigenvalue weighted by atomic mass is 32.2. The molecule has 6 heteroatoms. The second-order valence-corrected chi connectivity index (χ2v) is 7.84. The summed E-state index contributed by atoms with van der Waals surface area (Å²) in [5, 5.41) is 0. The summed E-state index contributed by atoms with van der Waals surface area (Å²) in [5.74, 6) is 0.182. The van der Waals surface area contributed by atoms with Crippen molar-refractivity contribution in [3.63, 3.8) is 0 Å². The molecule has 0 unspecified atom stereocenters. The van der Waals surface area contributed by atoms with Gasteiger partial charge in [0.2, 0.25) is 10.0 Å². The first-order valence-electron chi connectivity index (χ1n) is 7.12. The van der Waals surface area contributed by atoms with Crippen LogP contribution in [0.2, 0.25) is 0 Å². The van der Waals surface area contributed by atoms with Crippen LogP contribution in [0.15, 0.2) is 29.2 Å². The fourth-order valence-electron chi connectivity index (χ4n) is 2.52. The van der Waals surface area contributed by atoms with E-state index in [1.165, 1.54) is 18.4 Å². The topological polar surface area (TPSA) is 57.7 Å². The Labute approximate surface area is 126 Å². The van der Waals surface area contributed by atoms with Gasteiger partial charge >= 0.3 is 0 Å². The van der Waals surface area contributed by atoms with E-state index >= 15 is 0 Å². The second kappa shape index (κ2) is 6.68. The molecule has 1 aromatic carbocycles. The number of aldehydes is 1. The lowest BCUT2D eigenvalue weighted by Gasteiger charge is -2.29. The van der Waals surface area contributed by atoms with Gasteiger partial charge in [0.15, 0.2) is 0 Å². The number of rotatable bonds is 5. The largest absolute Gasteiger partial charge is 0.303 e. The number of piperidine rings is 1. The molecule has 0 saturated carbocycles. The zero-order valence-electron chi connectivity index (χ0n) is 12.5. The number of carbonyl (C=O) groups is 1. The smallest absolute Gasteiger partial charge is 0.242 e. The van der Waals surface area contributed by atoms with E-state index in [1.807, 2.05) is 6.07 Å². The summed E-state index contributed by atoms with van der Waals surface area (Å²) in [4.78, 5) is 13.3. The Balaban J connectivity index is 2.07. The number of nitrogens with zero attached hydrogens (tertiary/aromatic N) is 2. The van der Waals surface area contributed by atoms with Gasteiger partial charge in [-0.1, -0.05) is 12.1 Å². The molecule has 0 radical (unpaired) electrons. The highest BCUT2D eigenvalue weighted by Gasteiger charge is 2.20. The summed E-state index contributed by atoms with van der Waals surface area (Å²) in [5.41, 5.74) is 0.988. The van der Waals surface area contributed by atoms with Crippen molar-refractivity contribution in [2.45, 2.75) is 24.3 Å². The van der Waals surface area contributed by atoms with Crippen LogP contribution in [0.3, 0.4) is 0 Å². The number of hydrogen-bond donors (Lipinski definition) is 0. The van der Waals surface area contributed by atoms with Crippen molar-refractivity contribution in [3.05, 3.63) is 29.8 Å². The predicted molar refractivity (Wildman–Crippen MR) is 81.4 cm³/mol. The fourth-order valence-corrected chi connectivity index (χ4v) is 3.49. The summed E-state index contributed by atoms with van der Waals surface area (Å²) in [7, 11) is -0.317. The average Bonchev–Trinajstić information content (AvgIpc) is 2.48. The number of carbonyl (C=O) groups excluding carboxylic acids is 1. The van der Waals surface area contributed by atoms with Crippen LogP contribution in [0.5, 0.6) is 0 Å². The van der Waals surface area contributed by atoms with Gasteiger partial charge in [-0.25, -0.2) is 12.7 Å². The fraction of sp³-hybridized carbons (Fsp3) is 0.533. The molecule has 1 saturated heterocycles. The van der Waals surface area contributed by atoms with Crippen LogP contribution in [-0.2, 0) is 21.4 Å². The molecule has 1 aliphatic rings. The zero-order chi connectivity index (χ0) is 15.5. The Hall–Kier alpha value is -1.24. The van der Waals surface area contributed by atoms with Crippen molar-refractivity contribution >= 4 is 16.3 Å². The Morgan fingerprint density at radius 3 is 2.52 bits per heavy atom. The predicted octanol–water partition coefficient (Wildman–Crippen LogP) is 1.35. The van der Waals surface area contributed by atoms with Crippen molar-refractivity contribution < 1.29 is 13.2 Å². The van der Waals surface area contributed by atoms with E-state index in [1.54, 1.807) is 18.2 Å². The van der Waals surface area contributed by atoms with Gasteiger partial charge in [0.1, 0.15) is 6.29 Å². The summed E-state index contributed by atoms with van der Waals surface area (Å²) in [6.45, 7) is 2.49. The molecule has 0 amide bonds. The maximum absolute atomic E-state index is 12.1. The molecular weight excluding hydrogens is 288 g/mol. The number of hydrogen-bond acceptors (Lipinski definition) is 4. The number of benzene rings is 1. The first-order chi connectivity index (χ1) is 9.93.